The van der Waals surface area contributed by atoms with Gasteiger partial charge in [0.2, 0.25) is 5.91 Å². The molecule has 1 aliphatic rings. The van der Waals surface area contributed by atoms with Crippen molar-refractivity contribution in [2.24, 2.45) is 10.9 Å². The lowest BCUT2D eigenvalue weighted by Gasteiger charge is -2.11. The average molecular weight is 546 g/mol. The van der Waals surface area contributed by atoms with Crippen molar-refractivity contribution >= 4 is 87.4 Å². The highest BCUT2D eigenvalue weighted by Gasteiger charge is 2.67. The summed E-state index contributed by atoms with van der Waals surface area (Å²) >= 11 is 31.1. The standard InChI is InChI=1S/C23H18Cl5N3O2/c1-3-4-7-29-12(2)21(32)31-18-11-16(5-6-17(18)26)30-22(33)20-19(23(20,27)28)13-8-14(24)10-15(25)9-13/h3-11,19-20H,2H2,1H3,(H,30,33)(H,31,32)/b4-3-,29-7?. The lowest BCUT2D eigenvalue weighted by atomic mass is 10.1. The lowest BCUT2D eigenvalue weighted by molar-refractivity contribution is -0.117. The van der Waals surface area contributed by atoms with Gasteiger partial charge in [0, 0.05) is 27.9 Å². The summed E-state index contributed by atoms with van der Waals surface area (Å²) < 4.78 is -1.32. The summed E-state index contributed by atoms with van der Waals surface area (Å²) in [5.41, 5.74) is 1.33. The molecule has 2 aromatic carbocycles. The van der Waals surface area contributed by atoms with Crippen LogP contribution in [0.15, 0.2) is 65.8 Å². The Morgan fingerprint density at radius 2 is 1.73 bits per heavy atom. The second-order valence-corrected chi connectivity index (χ2v) is 9.95. The van der Waals surface area contributed by atoms with Gasteiger partial charge in [-0.25, -0.2) is 0 Å². The molecule has 0 radical (unpaired) electrons. The molecule has 2 atom stereocenters. The Balaban J connectivity index is 1.73. The maximum absolute atomic E-state index is 12.9. The van der Waals surface area contributed by atoms with Gasteiger partial charge in [0.05, 0.1) is 16.6 Å². The third kappa shape index (κ3) is 6.11. The molecule has 0 heterocycles. The first-order valence-electron chi connectivity index (χ1n) is 9.64. The van der Waals surface area contributed by atoms with E-state index in [-0.39, 0.29) is 16.4 Å². The Bertz CT molecular complexity index is 1160. The van der Waals surface area contributed by atoms with Crippen LogP contribution in [-0.2, 0) is 9.59 Å². The normalized spacial score (nSPS) is 19.0. The molecule has 0 aromatic heterocycles. The van der Waals surface area contributed by atoms with E-state index in [1.54, 1.807) is 36.4 Å². The minimum Gasteiger partial charge on any atom is -0.326 e. The number of alkyl halides is 2. The summed E-state index contributed by atoms with van der Waals surface area (Å²) in [7, 11) is 0. The molecule has 0 aliphatic heterocycles. The Labute approximate surface area is 216 Å². The van der Waals surface area contributed by atoms with E-state index in [1.807, 2.05) is 6.92 Å². The fourth-order valence-corrected chi connectivity index (χ4v) is 4.75. The number of amides is 2. The third-order valence-corrected chi connectivity index (χ3v) is 6.54. The second-order valence-electron chi connectivity index (χ2n) is 7.22. The zero-order chi connectivity index (χ0) is 24.3. The first-order chi connectivity index (χ1) is 15.5. The molecular formula is C23H18Cl5N3O2. The minimum absolute atomic E-state index is 0.00586. The molecule has 0 saturated heterocycles. The quantitative estimate of drug-likeness (QED) is 0.218. The number of aliphatic imine (C=N–C) groups is 1. The maximum Gasteiger partial charge on any atom is 0.273 e. The summed E-state index contributed by atoms with van der Waals surface area (Å²) in [6, 6.07) is 9.57. The highest BCUT2D eigenvalue weighted by molar-refractivity contribution is 6.53. The monoisotopic (exact) mass is 543 g/mol. The molecule has 3 rings (SSSR count). The van der Waals surface area contributed by atoms with Gasteiger partial charge in [0.15, 0.2) is 0 Å². The first-order valence-corrected chi connectivity index (χ1v) is 11.5. The number of rotatable bonds is 7. The van der Waals surface area contributed by atoms with E-state index in [2.05, 4.69) is 22.2 Å². The van der Waals surface area contributed by atoms with Crippen LogP contribution in [0.5, 0.6) is 0 Å². The van der Waals surface area contributed by atoms with Gasteiger partial charge in [-0.1, -0.05) is 47.5 Å². The van der Waals surface area contributed by atoms with Gasteiger partial charge in [-0.05, 0) is 55.0 Å². The van der Waals surface area contributed by atoms with E-state index in [4.69, 9.17) is 58.0 Å². The molecule has 172 valence electrons. The van der Waals surface area contributed by atoms with Crippen LogP contribution in [0.3, 0.4) is 0 Å². The van der Waals surface area contributed by atoms with E-state index in [9.17, 15) is 9.59 Å². The van der Waals surface area contributed by atoms with E-state index < -0.39 is 28.0 Å². The van der Waals surface area contributed by atoms with E-state index >= 15 is 0 Å². The summed E-state index contributed by atoms with van der Waals surface area (Å²) in [4.78, 5) is 29.1. The molecule has 2 N–H and O–H groups in total. The van der Waals surface area contributed by atoms with Gasteiger partial charge in [-0.2, -0.15) is 0 Å². The number of carbonyl (C=O) groups is 2. The number of allylic oxidation sites excluding steroid dienone is 2. The summed E-state index contributed by atoms with van der Waals surface area (Å²) in [6.07, 6.45) is 4.88. The van der Waals surface area contributed by atoms with Crippen LogP contribution in [0.1, 0.15) is 18.4 Å². The molecule has 2 amide bonds. The van der Waals surface area contributed by atoms with Gasteiger partial charge in [0.25, 0.3) is 5.91 Å². The summed E-state index contributed by atoms with van der Waals surface area (Å²) in [6.45, 7) is 5.44. The number of benzene rings is 2. The van der Waals surface area contributed by atoms with E-state index in [0.29, 0.717) is 21.3 Å². The molecule has 2 unspecified atom stereocenters. The number of anilines is 2. The zero-order valence-corrected chi connectivity index (χ0v) is 21.0. The Morgan fingerprint density at radius 3 is 2.36 bits per heavy atom. The largest absolute Gasteiger partial charge is 0.326 e. The fourth-order valence-electron chi connectivity index (χ4n) is 3.21. The van der Waals surface area contributed by atoms with E-state index in [1.165, 1.54) is 18.3 Å². The zero-order valence-electron chi connectivity index (χ0n) is 17.2. The maximum atomic E-state index is 12.9. The van der Waals surface area contributed by atoms with Crippen molar-refractivity contribution in [2.75, 3.05) is 10.6 Å². The molecular weight excluding hydrogens is 528 g/mol. The van der Waals surface area contributed by atoms with Crippen LogP contribution in [0.25, 0.3) is 0 Å². The highest BCUT2D eigenvalue weighted by atomic mass is 35.5. The molecule has 10 heteroatoms. The predicted octanol–water partition coefficient (Wildman–Crippen LogP) is 7.27. The van der Waals surface area contributed by atoms with Crippen LogP contribution in [0.2, 0.25) is 15.1 Å². The van der Waals surface area contributed by atoms with Crippen LogP contribution in [-0.4, -0.2) is 22.4 Å². The number of halogens is 5. The van der Waals surface area contributed by atoms with Crippen molar-refractivity contribution in [3.05, 3.63) is 81.5 Å². The highest BCUT2D eigenvalue weighted by Crippen LogP contribution is 2.65. The average Bonchev–Trinajstić information content (AvgIpc) is 3.32. The molecule has 33 heavy (non-hydrogen) atoms. The van der Waals surface area contributed by atoms with Gasteiger partial charge < -0.3 is 10.6 Å². The van der Waals surface area contributed by atoms with Crippen molar-refractivity contribution in [3.8, 4) is 0 Å². The second kappa shape index (κ2) is 10.5. The lowest BCUT2D eigenvalue weighted by Crippen LogP contribution is -2.18. The summed E-state index contributed by atoms with van der Waals surface area (Å²) in [5, 5.41) is 6.48. The number of hydrogen-bond acceptors (Lipinski definition) is 3. The van der Waals surface area contributed by atoms with Crippen LogP contribution >= 0.6 is 58.0 Å². The Kier molecular flexibility index (Phi) is 8.14. The van der Waals surface area contributed by atoms with E-state index in [0.717, 1.165) is 0 Å². The van der Waals surface area contributed by atoms with Crippen LogP contribution in [0, 0.1) is 5.92 Å². The molecule has 5 nitrogen and oxygen atoms in total. The fraction of sp³-hybridized carbons (Fsp3) is 0.174. The number of nitrogens with one attached hydrogen (secondary N) is 2. The van der Waals surface area contributed by atoms with Gasteiger partial charge >= 0.3 is 0 Å². The summed E-state index contributed by atoms with van der Waals surface area (Å²) in [5.74, 6) is -2.16. The van der Waals surface area contributed by atoms with Crippen molar-refractivity contribution in [2.45, 2.75) is 17.2 Å². The Hall–Kier alpha value is -2.02. The van der Waals surface area contributed by atoms with Gasteiger partial charge in [0.1, 0.15) is 10.0 Å². The predicted molar refractivity (Wildman–Crippen MR) is 138 cm³/mol. The van der Waals surface area contributed by atoms with Crippen LogP contribution in [0.4, 0.5) is 11.4 Å². The third-order valence-electron chi connectivity index (χ3n) is 4.83. The molecule has 1 saturated carbocycles. The molecule has 0 bridgehead atoms. The minimum atomic E-state index is -1.32. The van der Waals surface area contributed by atoms with Crippen molar-refractivity contribution in [3.63, 3.8) is 0 Å². The Morgan fingerprint density at radius 1 is 1.06 bits per heavy atom. The van der Waals surface area contributed by atoms with Crippen molar-refractivity contribution in [1.82, 2.24) is 0 Å². The number of carbonyl (C=O) groups excluding carboxylic acids is 2. The smallest absolute Gasteiger partial charge is 0.273 e. The first kappa shape index (κ1) is 25.6. The molecule has 1 fully saturated rings. The van der Waals surface area contributed by atoms with Crippen molar-refractivity contribution < 1.29 is 9.59 Å². The molecule has 0 spiro atoms. The van der Waals surface area contributed by atoms with Crippen molar-refractivity contribution in [1.29, 1.82) is 0 Å². The SMILES string of the molecule is C=C(N=C/C=C\C)C(=O)Nc1cc(NC(=O)C2C(c3cc(Cl)cc(Cl)c3)C2(Cl)Cl)ccc1Cl. The van der Waals surface area contributed by atoms with Gasteiger partial charge in [-0.15, -0.1) is 23.2 Å². The number of nitrogens with zero attached hydrogens (tertiary/aromatic N) is 1. The molecule has 2 aromatic rings. The topological polar surface area (TPSA) is 70.6 Å². The number of hydrogen-bond donors (Lipinski definition) is 2. The molecule has 1 aliphatic carbocycles. The van der Waals surface area contributed by atoms with Crippen LogP contribution < -0.4 is 10.6 Å². The van der Waals surface area contributed by atoms with Gasteiger partial charge in [-0.3, -0.25) is 14.6 Å².